The second-order valence-corrected chi connectivity index (χ2v) is 5.30. The van der Waals surface area contributed by atoms with Gasteiger partial charge >= 0.3 is 0 Å². The molecule has 0 saturated carbocycles. The monoisotopic (exact) mass is 209 g/mol. The molecule has 2 unspecified atom stereocenters. The number of carbonyl (C=O) groups is 1. The average Bonchev–Trinajstić information content (AvgIpc) is 2.21. The van der Waals surface area contributed by atoms with Crippen LogP contribution in [0.4, 0.5) is 0 Å². The molecule has 3 heterocycles. The Morgan fingerprint density at radius 2 is 2.00 bits per heavy atom. The molecule has 3 saturated heterocycles. The lowest BCUT2D eigenvalue weighted by atomic mass is 9.70. The van der Waals surface area contributed by atoms with E-state index in [9.17, 15) is 4.79 Å². The fourth-order valence-electron chi connectivity index (χ4n) is 3.65. The summed E-state index contributed by atoms with van der Waals surface area (Å²) in [6.07, 6.45) is 7.32. The van der Waals surface area contributed by atoms with Crippen molar-refractivity contribution in [2.45, 2.75) is 57.9 Å². The zero-order chi connectivity index (χ0) is 10.9. The first-order valence-electron chi connectivity index (χ1n) is 6.49. The first kappa shape index (κ1) is 11.1. The molecule has 3 aliphatic heterocycles. The number of Topliss-reactive ketones (excluding diaryl/α,β-unsaturated/α-hetero) is 1. The molecule has 2 heteroatoms. The number of hydrogen-bond acceptors (Lipinski definition) is 2. The van der Waals surface area contributed by atoms with Crippen molar-refractivity contribution in [2.24, 2.45) is 5.92 Å². The van der Waals surface area contributed by atoms with Gasteiger partial charge in [-0.25, -0.2) is 0 Å². The summed E-state index contributed by atoms with van der Waals surface area (Å²) in [5, 5.41) is 0. The van der Waals surface area contributed by atoms with Crippen LogP contribution >= 0.6 is 0 Å². The van der Waals surface area contributed by atoms with Crippen molar-refractivity contribution in [1.29, 1.82) is 0 Å². The molecule has 3 rings (SSSR count). The van der Waals surface area contributed by atoms with Crippen LogP contribution in [0.15, 0.2) is 0 Å². The lowest BCUT2D eigenvalue weighted by Gasteiger charge is -2.54. The van der Waals surface area contributed by atoms with E-state index in [0.29, 0.717) is 17.2 Å². The molecule has 15 heavy (non-hydrogen) atoms. The number of nitrogens with zero attached hydrogens (tertiary/aromatic N) is 1. The van der Waals surface area contributed by atoms with Crippen LogP contribution in [0.3, 0.4) is 0 Å². The maximum atomic E-state index is 11.7. The zero-order valence-corrected chi connectivity index (χ0v) is 10.1. The number of fused-ring (bicyclic) bond motifs is 3. The summed E-state index contributed by atoms with van der Waals surface area (Å²) >= 11 is 0. The molecule has 3 fully saturated rings. The van der Waals surface area contributed by atoms with Gasteiger partial charge < -0.3 is 0 Å². The van der Waals surface area contributed by atoms with Crippen LogP contribution in [0, 0.1) is 5.92 Å². The summed E-state index contributed by atoms with van der Waals surface area (Å²) in [6, 6.07) is 0. The fraction of sp³-hybridized carbons (Fsp3) is 0.923. The van der Waals surface area contributed by atoms with E-state index < -0.39 is 0 Å². The molecule has 86 valence electrons. The molecule has 2 atom stereocenters. The molecule has 0 radical (unpaired) electrons. The minimum atomic E-state index is 0.389. The Labute approximate surface area is 93.0 Å². The highest BCUT2D eigenvalue weighted by Gasteiger charge is 2.47. The predicted molar refractivity (Wildman–Crippen MR) is 61.9 cm³/mol. The number of piperidine rings is 3. The second-order valence-electron chi connectivity index (χ2n) is 5.30. The van der Waals surface area contributed by atoms with Gasteiger partial charge in [0.2, 0.25) is 0 Å². The Morgan fingerprint density at radius 1 is 1.33 bits per heavy atom. The van der Waals surface area contributed by atoms with E-state index in [1.807, 2.05) is 0 Å². The van der Waals surface area contributed by atoms with Gasteiger partial charge in [-0.2, -0.15) is 0 Å². The highest BCUT2D eigenvalue weighted by atomic mass is 16.1. The normalized spacial score (nSPS) is 33.3. The Kier molecular flexibility index (Phi) is 3.15. The second kappa shape index (κ2) is 4.25. The predicted octanol–water partition coefficient (Wildman–Crippen LogP) is 2.62. The Bertz CT molecular complexity index is 243. The molecular weight excluding hydrogens is 186 g/mol. The van der Waals surface area contributed by atoms with Crippen molar-refractivity contribution in [3.05, 3.63) is 0 Å². The van der Waals surface area contributed by atoms with Gasteiger partial charge in [0, 0.05) is 11.5 Å². The summed E-state index contributed by atoms with van der Waals surface area (Å²) in [7, 11) is 0. The molecule has 0 N–H and O–H groups in total. The molecule has 0 aliphatic carbocycles. The maximum absolute atomic E-state index is 11.7. The summed E-state index contributed by atoms with van der Waals surface area (Å²) in [5.74, 6) is 0.900. The lowest BCUT2D eigenvalue weighted by molar-refractivity contribution is -0.140. The Hall–Kier alpha value is -0.370. The maximum Gasteiger partial charge on any atom is 0.150 e. The van der Waals surface area contributed by atoms with Gasteiger partial charge in [-0.1, -0.05) is 26.7 Å². The molecule has 0 aromatic carbocycles. The number of ketones is 1. The van der Waals surface area contributed by atoms with Crippen LogP contribution in [0.1, 0.15) is 52.4 Å². The van der Waals surface area contributed by atoms with E-state index in [1.54, 1.807) is 0 Å². The number of rotatable bonds is 4. The van der Waals surface area contributed by atoms with Crippen LogP contribution in [-0.4, -0.2) is 29.3 Å². The van der Waals surface area contributed by atoms with Crippen molar-refractivity contribution in [1.82, 2.24) is 4.90 Å². The van der Waals surface area contributed by atoms with E-state index in [2.05, 4.69) is 18.7 Å². The van der Waals surface area contributed by atoms with Gasteiger partial charge in [-0.3, -0.25) is 9.69 Å². The van der Waals surface area contributed by atoms with Crippen molar-refractivity contribution in [3.63, 3.8) is 0 Å². The molecule has 3 aliphatic rings. The van der Waals surface area contributed by atoms with Crippen LogP contribution < -0.4 is 0 Å². The first-order chi connectivity index (χ1) is 7.22. The van der Waals surface area contributed by atoms with Gasteiger partial charge in [0.1, 0.15) is 5.78 Å². The average molecular weight is 209 g/mol. The summed E-state index contributed by atoms with van der Waals surface area (Å²) < 4.78 is 0. The third-order valence-electron chi connectivity index (χ3n) is 4.28. The SMILES string of the molecule is CCCC1(CCC)CC2CCN1CC2=O. The number of hydrogen-bond donors (Lipinski definition) is 0. The van der Waals surface area contributed by atoms with Gasteiger partial charge in [-0.05, 0) is 32.2 Å². The summed E-state index contributed by atoms with van der Waals surface area (Å²) in [5.41, 5.74) is 0.389. The van der Waals surface area contributed by atoms with Gasteiger partial charge in [-0.15, -0.1) is 0 Å². The largest absolute Gasteiger partial charge is 0.298 e. The molecule has 2 bridgehead atoms. The van der Waals surface area contributed by atoms with Crippen molar-refractivity contribution in [3.8, 4) is 0 Å². The first-order valence-corrected chi connectivity index (χ1v) is 6.49. The van der Waals surface area contributed by atoms with Crippen LogP contribution in [0.25, 0.3) is 0 Å². The van der Waals surface area contributed by atoms with E-state index in [4.69, 9.17) is 0 Å². The van der Waals surface area contributed by atoms with Gasteiger partial charge in [0.15, 0.2) is 0 Å². The Morgan fingerprint density at radius 3 is 2.40 bits per heavy atom. The van der Waals surface area contributed by atoms with E-state index in [-0.39, 0.29) is 0 Å². The van der Waals surface area contributed by atoms with E-state index in [0.717, 1.165) is 25.9 Å². The molecular formula is C13H23NO. The summed E-state index contributed by atoms with van der Waals surface area (Å²) in [4.78, 5) is 14.2. The number of carbonyl (C=O) groups excluding carboxylic acids is 1. The van der Waals surface area contributed by atoms with Gasteiger partial charge in [0.05, 0.1) is 6.54 Å². The van der Waals surface area contributed by atoms with Crippen molar-refractivity contribution < 1.29 is 4.79 Å². The minimum absolute atomic E-state index is 0.389. The van der Waals surface area contributed by atoms with Crippen LogP contribution in [0.5, 0.6) is 0 Å². The quantitative estimate of drug-likeness (QED) is 0.709. The molecule has 0 aromatic heterocycles. The van der Waals surface area contributed by atoms with Crippen molar-refractivity contribution >= 4 is 5.78 Å². The summed E-state index contributed by atoms with van der Waals surface area (Å²) in [6.45, 7) is 6.44. The highest BCUT2D eigenvalue weighted by molar-refractivity contribution is 5.84. The van der Waals surface area contributed by atoms with Gasteiger partial charge in [0.25, 0.3) is 0 Å². The highest BCUT2D eigenvalue weighted by Crippen LogP contribution is 2.42. The van der Waals surface area contributed by atoms with E-state index >= 15 is 0 Å². The minimum Gasteiger partial charge on any atom is -0.298 e. The van der Waals surface area contributed by atoms with Crippen LogP contribution in [0.2, 0.25) is 0 Å². The molecule has 0 spiro atoms. The molecule has 0 amide bonds. The van der Waals surface area contributed by atoms with Crippen LogP contribution in [-0.2, 0) is 4.79 Å². The van der Waals surface area contributed by atoms with E-state index in [1.165, 1.54) is 25.7 Å². The zero-order valence-electron chi connectivity index (χ0n) is 10.1. The standard InChI is InChI=1S/C13H23NO/c1-3-6-13(7-4-2)9-11-5-8-14(13)10-12(11)15/h11H,3-10H2,1-2H3. The lowest BCUT2D eigenvalue weighted by Crippen LogP contribution is -2.61. The third kappa shape index (κ3) is 1.84. The topological polar surface area (TPSA) is 20.3 Å². The smallest absolute Gasteiger partial charge is 0.150 e. The molecule has 0 aromatic rings. The third-order valence-corrected chi connectivity index (χ3v) is 4.28. The fourth-order valence-corrected chi connectivity index (χ4v) is 3.65. The van der Waals surface area contributed by atoms with Crippen molar-refractivity contribution in [2.75, 3.05) is 13.1 Å². The molecule has 2 nitrogen and oxygen atoms in total. The Balaban J connectivity index is 2.15.